The molecule has 1 amide bonds. The average molecular weight is 383 g/mol. The van der Waals surface area contributed by atoms with E-state index in [1.165, 1.54) is 6.33 Å². The van der Waals surface area contributed by atoms with Crippen LogP contribution in [0, 0.1) is 0 Å². The van der Waals surface area contributed by atoms with E-state index < -0.39 is 0 Å². The summed E-state index contributed by atoms with van der Waals surface area (Å²) in [7, 11) is 0. The molecule has 1 N–H and O–H groups in total. The summed E-state index contributed by atoms with van der Waals surface area (Å²) in [6, 6.07) is 7.69. The molecule has 1 saturated heterocycles. The third-order valence-electron chi connectivity index (χ3n) is 4.50. The maximum atomic E-state index is 12.3. The minimum Gasteiger partial charge on any atom is -0.494 e. The Morgan fingerprint density at radius 2 is 2.33 bits per heavy atom. The van der Waals surface area contributed by atoms with Gasteiger partial charge in [0.05, 0.1) is 16.8 Å². The Morgan fingerprint density at radius 1 is 1.41 bits per heavy atom. The molecule has 0 saturated carbocycles. The van der Waals surface area contributed by atoms with Crippen molar-refractivity contribution >= 4 is 32.6 Å². The lowest BCUT2D eigenvalue weighted by atomic mass is 10.1. The van der Waals surface area contributed by atoms with Gasteiger partial charge in [-0.25, -0.2) is 15.0 Å². The van der Waals surface area contributed by atoms with Gasteiger partial charge in [0.2, 0.25) is 0 Å². The molecule has 140 valence electrons. The van der Waals surface area contributed by atoms with Crippen LogP contribution in [0.4, 0.5) is 5.13 Å². The van der Waals surface area contributed by atoms with E-state index in [-0.39, 0.29) is 11.9 Å². The third kappa shape index (κ3) is 4.00. The fourth-order valence-electron chi connectivity index (χ4n) is 3.24. The smallest absolute Gasteiger partial charge is 0.270 e. The van der Waals surface area contributed by atoms with Crippen molar-refractivity contribution in [2.24, 2.45) is 0 Å². The minimum atomic E-state index is -0.157. The van der Waals surface area contributed by atoms with Gasteiger partial charge in [-0.15, -0.1) is 0 Å². The summed E-state index contributed by atoms with van der Waals surface area (Å²) in [4.78, 5) is 27.2. The first kappa shape index (κ1) is 17.7. The number of thiazole rings is 1. The van der Waals surface area contributed by atoms with Gasteiger partial charge in [-0.05, 0) is 44.0 Å². The number of aromatic nitrogens is 3. The lowest BCUT2D eigenvalue weighted by molar-refractivity contribution is 0.0928. The monoisotopic (exact) mass is 383 g/mol. The Labute approximate surface area is 161 Å². The Morgan fingerprint density at radius 3 is 3.15 bits per heavy atom. The Bertz CT molecular complexity index is 930. The lowest BCUT2D eigenvalue weighted by Gasteiger charge is -2.32. The van der Waals surface area contributed by atoms with Crippen LogP contribution < -0.4 is 15.0 Å². The number of benzene rings is 1. The number of fused-ring (bicyclic) bond motifs is 1. The zero-order chi connectivity index (χ0) is 18.6. The lowest BCUT2D eigenvalue weighted by Crippen LogP contribution is -2.48. The fourth-order valence-corrected chi connectivity index (χ4v) is 4.27. The molecule has 1 aliphatic heterocycles. The maximum Gasteiger partial charge on any atom is 0.270 e. The molecular weight excluding hydrogens is 362 g/mol. The van der Waals surface area contributed by atoms with Crippen LogP contribution in [0.25, 0.3) is 10.2 Å². The number of carbonyl (C=O) groups is 1. The zero-order valence-corrected chi connectivity index (χ0v) is 15.9. The van der Waals surface area contributed by atoms with Gasteiger partial charge >= 0.3 is 0 Å². The molecule has 4 rings (SSSR count). The minimum absolute atomic E-state index is 0.0761. The average Bonchev–Trinajstić information content (AvgIpc) is 3.13. The van der Waals surface area contributed by atoms with Crippen LogP contribution in [0.1, 0.15) is 30.3 Å². The van der Waals surface area contributed by atoms with Crippen LogP contribution in [0.3, 0.4) is 0 Å². The number of rotatable bonds is 5. The van der Waals surface area contributed by atoms with Gasteiger partial charge in [-0.3, -0.25) is 4.79 Å². The summed E-state index contributed by atoms with van der Waals surface area (Å²) in [5.74, 6) is 0.712. The van der Waals surface area contributed by atoms with Gasteiger partial charge in [0.15, 0.2) is 5.13 Å². The van der Waals surface area contributed by atoms with Gasteiger partial charge in [-0.2, -0.15) is 0 Å². The number of nitrogens with one attached hydrogen (secondary N) is 1. The second-order valence-corrected chi connectivity index (χ2v) is 7.42. The van der Waals surface area contributed by atoms with Crippen molar-refractivity contribution in [1.29, 1.82) is 0 Å². The first-order valence-electron chi connectivity index (χ1n) is 9.08. The Balaban J connectivity index is 1.46. The van der Waals surface area contributed by atoms with Crippen molar-refractivity contribution in [2.75, 3.05) is 24.6 Å². The molecule has 1 atom stereocenters. The van der Waals surface area contributed by atoms with E-state index in [9.17, 15) is 4.79 Å². The van der Waals surface area contributed by atoms with E-state index >= 15 is 0 Å². The van der Waals surface area contributed by atoms with E-state index in [4.69, 9.17) is 9.72 Å². The van der Waals surface area contributed by atoms with Crippen LogP contribution in [0.15, 0.2) is 36.8 Å². The van der Waals surface area contributed by atoms with Gasteiger partial charge < -0.3 is 15.0 Å². The predicted molar refractivity (Wildman–Crippen MR) is 106 cm³/mol. The molecule has 0 aliphatic carbocycles. The van der Waals surface area contributed by atoms with Crippen LogP contribution in [-0.2, 0) is 0 Å². The molecule has 1 aromatic carbocycles. The number of hydrogen-bond acceptors (Lipinski definition) is 7. The van der Waals surface area contributed by atoms with E-state index in [1.807, 2.05) is 25.1 Å². The van der Waals surface area contributed by atoms with Crippen LogP contribution in [0.2, 0.25) is 0 Å². The number of ether oxygens (including phenoxy) is 1. The molecule has 3 heterocycles. The molecule has 1 unspecified atom stereocenters. The normalized spacial score (nSPS) is 17.1. The summed E-state index contributed by atoms with van der Waals surface area (Å²) in [6.07, 6.45) is 4.92. The number of carbonyl (C=O) groups excluding carboxylic acids is 1. The topological polar surface area (TPSA) is 80.2 Å². The standard InChI is InChI=1S/C19H21N5O2S/c1-2-26-14-5-6-15-17(10-14)27-19(23-15)24-9-3-4-13(11-24)22-18(25)16-7-8-20-12-21-16/h5-8,10,12-13H,2-4,9,11H2,1H3,(H,22,25). The molecule has 27 heavy (non-hydrogen) atoms. The summed E-state index contributed by atoms with van der Waals surface area (Å²) in [6.45, 7) is 4.32. The highest BCUT2D eigenvalue weighted by Gasteiger charge is 2.24. The highest BCUT2D eigenvalue weighted by atomic mass is 32.1. The second-order valence-electron chi connectivity index (χ2n) is 6.41. The van der Waals surface area contributed by atoms with Crippen LogP contribution in [0.5, 0.6) is 5.75 Å². The van der Waals surface area contributed by atoms with E-state index in [2.05, 4.69) is 20.2 Å². The molecule has 1 fully saturated rings. The van der Waals surface area contributed by atoms with Gasteiger partial charge in [0.25, 0.3) is 5.91 Å². The SMILES string of the molecule is CCOc1ccc2nc(N3CCCC(NC(=O)c4ccncn4)C3)sc2c1. The predicted octanol–water partition coefficient (Wildman–Crippen LogP) is 2.88. The highest BCUT2D eigenvalue weighted by Crippen LogP contribution is 2.32. The summed E-state index contributed by atoms with van der Waals surface area (Å²) >= 11 is 1.66. The van der Waals surface area contributed by atoms with Crippen LogP contribution in [-0.4, -0.2) is 46.6 Å². The molecule has 0 radical (unpaired) electrons. The van der Waals surface area contributed by atoms with Crippen molar-refractivity contribution in [3.05, 3.63) is 42.5 Å². The number of piperidine rings is 1. The molecular formula is C19H21N5O2S. The Hall–Kier alpha value is -2.74. The highest BCUT2D eigenvalue weighted by molar-refractivity contribution is 7.22. The molecule has 1 aliphatic rings. The molecule has 7 nitrogen and oxygen atoms in total. The molecule has 0 bridgehead atoms. The molecule has 8 heteroatoms. The first-order valence-corrected chi connectivity index (χ1v) is 9.90. The summed E-state index contributed by atoms with van der Waals surface area (Å²) in [5, 5.41) is 4.07. The molecule has 2 aromatic heterocycles. The van der Waals surface area contributed by atoms with Gasteiger partial charge in [0.1, 0.15) is 17.8 Å². The first-order chi connectivity index (χ1) is 13.2. The zero-order valence-electron chi connectivity index (χ0n) is 15.1. The van der Waals surface area contributed by atoms with Crippen molar-refractivity contribution in [3.63, 3.8) is 0 Å². The number of hydrogen-bond donors (Lipinski definition) is 1. The number of anilines is 1. The summed E-state index contributed by atoms with van der Waals surface area (Å²) in [5.41, 5.74) is 1.37. The van der Waals surface area contributed by atoms with Crippen molar-refractivity contribution < 1.29 is 9.53 Å². The van der Waals surface area contributed by atoms with Crippen LogP contribution >= 0.6 is 11.3 Å². The quantitative estimate of drug-likeness (QED) is 0.730. The van der Waals surface area contributed by atoms with E-state index in [1.54, 1.807) is 23.6 Å². The van der Waals surface area contributed by atoms with Crippen molar-refractivity contribution in [1.82, 2.24) is 20.3 Å². The largest absolute Gasteiger partial charge is 0.494 e. The van der Waals surface area contributed by atoms with Gasteiger partial charge in [0, 0.05) is 25.3 Å². The van der Waals surface area contributed by atoms with E-state index in [0.29, 0.717) is 12.3 Å². The molecule has 0 spiro atoms. The van der Waals surface area contributed by atoms with Gasteiger partial charge in [-0.1, -0.05) is 11.3 Å². The molecule has 3 aromatic rings. The number of amides is 1. The fraction of sp³-hybridized carbons (Fsp3) is 0.368. The third-order valence-corrected chi connectivity index (χ3v) is 5.58. The second kappa shape index (κ2) is 7.87. The number of nitrogens with zero attached hydrogens (tertiary/aromatic N) is 4. The van der Waals surface area contributed by atoms with E-state index in [0.717, 1.165) is 47.0 Å². The van der Waals surface area contributed by atoms with Crippen molar-refractivity contribution in [2.45, 2.75) is 25.8 Å². The maximum absolute atomic E-state index is 12.3. The Kier molecular flexibility index (Phi) is 5.15. The summed E-state index contributed by atoms with van der Waals surface area (Å²) < 4.78 is 6.69. The van der Waals surface area contributed by atoms with Crippen molar-refractivity contribution in [3.8, 4) is 5.75 Å².